The minimum absolute atomic E-state index is 0.0204. The maximum Gasteiger partial charge on any atom is 0.317 e. The van der Waals surface area contributed by atoms with Gasteiger partial charge in [-0.05, 0) is 31.0 Å². The van der Waals surface area contributed by atoms with Crippen LogP contribution in [0, 0.1) is 0 Å². The van der Waals surface area contributed by atoms with Crippen LogP contribution in [0.3, 0.4) is 0 Å². The standard InChI is InChI=1S/C23H31N5O/c1-23(2)18-27(22(29)25-14-19-7-4-3-5-8-19)17-21-16-26(11-12-28(21)23)15-20-9-6-10-24-13-20/h3-10,13,21H,11-12,14-18H2,1-2H3,(H,25,29). The van der Waals surface area contributed by atoms with E-state index in [9.17, 15) is 4.79 Å². The van der Waals surface area contributed by atoms with Gasteiger partial charge >= 0.3 is 6.03 Å². The number of rotatable bonds is 4. The molecule has 1 atom stereocenters. The van der Waals surface area contributed by atoms with Crippen LogP contribution < -0.4 is 5.32 Å². The number of pyridine rings is 1. The number of carbonyl (C=O) groups excluding carboxylic acids is 1. The number of fused-ring (bicyclic) bond motifs is 1. The highest BCUT2D eigenvalue weighted by molar-refractivity contribution is 5.74. The van der Waals surface area contributed by atoms with Crippen molar-refractivity contribution < 1.29 is 4.79 Å². The van der Waals surface area contributed by atoms with E-state index < -0.39 is 0 Å². The van der Waals surface area contributed by atoms with E-state index >= 15 is 0 Å². The molecule has 1 N–H and O–H groups in total. The zero-order valence-corrected chi connectivity index (χ0v) is 17.4. The summed E-state index contributed by atoms with van der Waals surface area (Å²) in [6.45, 7) is 10.6. The summed E-state index contributed by atoms with van der Waals surface area (Å²) in [5.74, 6) is 0. The maximum absolute atomic E-state index is 12.9. The Morgan fingerprint density at radius 1 is 1.10 bits per heavy atom. The SMILES string of the molecule is CC1(C)CN(C(=O)NCc2ccccc2)CC2CN(Cc3cccnc3)CCN21. The van der Waals surface area contributed by atoms with Crippen LogP contribution in [-0.4, -0.2) is 70.0 Å². The third kappa shape index (κ3) is 4.77. The average molecular weight is 394 g/mol. The lowest BCUT2D eigenvalue weighted by molar-refractivity contribution is -0.0541. The molecule has 1 aromatic heterocycles. The highest BCUT2D eigenvalue weighted by Gasteiger charge is 2.43. The summed E-state index contributed by atoms with van der Waals surface area (Å²) in [7, 11) is 0. The van der Waals surface area contributed by atoms with Crippen LogP contribution in [0.2, 0.25) is 0 Å². The van der Waals surface area contributed by atoms with E-state index in [1.165, 1.54) is 5.56 Å². The van der Waals surface area contributed by atoms with E-state index in [4.69, 9.17) is 0 Å². The molecule has 2 amide bonds. The van der Waals surface area contributed by atoms with Gasteiger partial charge in [0, 0.05) is 69.8 Å². The average Bonchev–Trinajstić information content (AvgIpc) is 2.72. The zero-order chi connectivity index (χ0) is 20.3. The number of piperazine rings is 2. The Kier molecular flexibility index (Phi) is 5.83. The second-order valence-corrected chi connectivity index (χ2v) is 8.78. The lowest BCUT2D eigenvalue weighted by Crippen LogP contribution is -2.70. The Hall–Kier alpha value is -2.44. The monoisotopic (exact) mass is 393 g/mol. The highest BCUT2D eigenvalue weighted by atomic mass is 16.2. The Labute approximate surface area is 173 Å². The predicted octanol–water partition coefficient (Wildman–Crippen LogP) is 2.57. The van der Waals surface area contributed by atoms with Gasteiger partial charge < -0.3 is 10.2 Å². The first-order valence-corrected chi connectivity index (χ1v) is 10.5. The molecule has 2 saturated heterocycles. The van der Waals surface area contributed by atoms with Crippen LogP contribution in [0.15, 0.2) is 54.9 Å². The van der Waals surface area contributed by atoms with Crippen LogP contribution >= 0.6 is 0 Å². The normalized spacial score (nSPS) is 22.1. The van der Waals surface area contributed by atoms with E-state index in [2.05, 4.69) is 40.0 Å². The summed E-state index contributed by atoms with van der Waals surface area (Å²) >= 11 is 0. The van der Waals surface area contributed by atoms with E-state index in [0.29, 0.717) is 12.6 Å². The molecule has 2 fully saturated rings. The van der Waals surface area contributed by atoms with E-state index in [1.807, 2.05) is 53.7 Å². The van der Waals surface area contributed by atoms with Crippen LogP contribution in [0.25, 0.3) is 0 Å². The summed E-state index contributed by atoms with van der Waals surface area (Å²) in [6.07, 6.45) is 3.76. The molecule has 2 aliphatic heterocycles. The van der Waals surface area contributed by atoms with Gasteiger partial charge in [-0.1, -0.05) is 36.4 Å². The molecular formula is C23H31N5O. The summed E-state index contributed by atoms with van der Waals surface area (Å²) in [6, 6.07) is 14.6. The molecule has 154 valence electrons. The summed E-state index contributed by atoms with van der Waals surface area (Å²) in [4.78, 5) is 24.2. The van der Waals surface area contributed by atoms with Crippen molar-refractivity contribution in [3.63, 3.8) is 0 Å². The van der Waals surface area contributed by atoms with E-state index in [1.54, 1.807) is 0 Å². The Balaban J connectivity index is 1.38. The summed E-state index contributed by atoms with van der Waals surface area (Å²) < 4.78 is 0. The fourth-order valence-electron chi connectivity index (χ4n) is 4.68. The van der Waals surface area contributed by atoms with Crippen molar-refractivity contribution in [2.24, 2.45) is 0 Å². The molecule has 2 aromatic rings. The van der Waals surface area contributed by atoms with Gasteiger partial charge in [-0.15, -0.1) is 0 Å². The number of hydrogen-bond donors (Lipinski definition) is 1. The number of urea groups is 1. The Morgan fingerprint density at radius 2 is 1.90 bits per heavy atom. The number of amides is 2. The number of aromatic nitrogens is 1. The first-order valence-electron chi connectivity index (χ1n) is 10.5. The molecule has 6 nitrogen and oxygen atoms in total. The van der Waals surface area contributed by atoms with Crippen LogP contribution in [0.5, 0.6) is 0 Å². The molecule has 0 saturated carbocycles. The van der Waals surface area contributed by atoms with Crippen molar-refractivity contribution >= 4 is 6.03 Å². The fraction of sp³-hybridized carbons (Fsp3) is 0.478. The van der Waals surface area contributed by atoms with Crippen molar-refractivity contribution in [2.45, 2.75) is 38.5 Å². The largest absolute Gasteiger partial charge is 0.334 e. The van der Waals surface area contributed by atoms with Gasteiger partial charge in [0.05, 0.1) is 0 Å². The first-order chi connectivity index (χ1) is 14.0. The van der Waals surface area contributed by atoms with Gasteiger partial charge in [0.15, 0.2) is 0 Å². The molecule has 1 unspecified atom stereocenters. The molecule has 0 radical (unpaired) electrons. The van der Waals surface area contributed by atoms with Crippen molar-refractivity contribution in [1.29, 1.82) is 0 Å². The van der Waals surface area contributed by atoms with Gasteiger partial charge in [0.2, 0.25) is 0 Å². The van der Waals surface area contributed by atoms with Crippen molar-refractivity contribution in [3.05, 3.63) is 66.0 Å². The first kappa shape index (κ1) is 19.9. The second-order valence-electron chi connectivity index (χ2n) is 8.78. The Bertz CT molecular complexity index is 811. The van der Waals surface area contributed by atoms with Crippen molar-refractivity contribution in [2.75, 3.05) is 32.7 Å². The number of nitrogens with one attached hydrogen (secondary N) is 1. The molecule has 2 aliphatic rings. The number of benzene rings is 1. The third-order valence-electron chi connectivity index (χ3n) is 6.06. The maximum atomic E-state index is 12.9. The van der Waals surface area contributed by atoms with Gasteiger partial charge in [-0.25, -0.2) is 4.79 Å². The molecular weight excluding hydrogens is 362 g/mol. The topological polar surface area (TPSA) is 51.7 Å². The van der Waals surface area contributed by atoms with E-state index in [0.717, 1.165) is 44.8 Å². The number of hydrogen-bond acceptors (Lipinski definition) is 4. The summed E-state index contributed by atoms with van der Waals surface area (Å²) in [5, 5.41) is 3.10. The molecule has 1 aromatic carbocycles. The van der Waals surface area contributed by atoms with Crippen molar-refractivity contribution in [1.82, 2.24) is 25.0 Å². The summed E-state index contributed by atoms with van der Waals surface area (Å²) in [5.41, 5.74) is 2.35. The van der Waals surface area contributed by atoms with Gasteiger partial charge in [0.25, 0.3) is 0 Å². The molecule has 0 spiro atoms. The molecule has 4 rings (SSSR count). The van der Waals surface area contributed by atoms with Crippen LogP contribution in [-0.2, 0) is 13.1 Å². The quantitative estimate of drug-likeness (QED) is 0.868. The molecule has 0 bridgehead atoms. The lowest BCUT2D eigenvalue weighted by Gasteiger charge is -2.55. The zero-order valence-electron chi connectivity index (χ0n) is 17.4. The van der Waals surface area contributed by atoms with Crippen LogP contribution in [0.4, 0.5) is 4.79 Å². The van der Waals surface area contributed by atoms with Crippen molar-refractivity contribution in [3.8, 4) is 0 Å². The minimum atomic E-state index is -0.0204. The second kappa shape index (κ2) is 8.51. The smallest absolute Gasteiger partial charge is 0.317 e. The molecule has 6 heteroatoms. The molecule has 29 heavy (non-hydrogen) atoms. The van der Waals surface area contributed by atoms with Gasteiger partial charge in [-0.3, -0.25) is 14.8 Å². The van der Waals surface area contributed by atoms with Gasteiger partial charge in [-0.2, -0.15) is 0 Å². The third-order valence-corrected chi connectivity index (χ3v) is 6.06. The van der Waals surface area contributed by atoms with Gasteiger partial charge in [0.1, 0.15) is 0 Å². The lowest BCUT2D eigenvalue weighted by atomic mass is 9.93. The molecule has 0 aliphatic carbocycles. The predicted molar refractivity (Wildman–Crippen MR) is 114 cm³/mol. The number of nitrogens with zero attached hydrogens (tertiary/aromatic N) is 4. The fourth-order valence-corrected chi connectivity index (χ4v) is 4.68. The number of carbonyl (C=O) groups is 1. The van der Waals surface area contributed by atoms with Crippen LogP contribution in [0.1, 0.15) is 25.0 Å². The van der Waals surface area contributed by atoms with E-state index in [-0.39, 0.29) is 11.6 Å². The highest BCUT2D eigenvalue weighted by Crippen LogP contribution is 2.28. The minimum Gasteiger partial charge on any atom is -0.334 e. The molecule has 3 heterocycles. The Morgan fingerprint density at radius 3 is 2.66 bits per heavy atom.